The Morgan fingerprint density at radius 3 is 2.43 bits per heavy atom. The number of rotatable bonds is 2. The third kappa shape index (κ3) is 2.07. The van der Waals surface area contributed by atoms with Crippen molar-refractivity contribution >= 4 is 10.9 Å². The van der Waals surface area contributed by atoms with Crippen LogP contribution < -0.4 is 0 Å². The van der Waals surface area contributed by atoms with Gasteiger partial charge in [-0.15, -0.1) is 10.2 Å². The first-order chi connectivity index (χ1) is 10.4. The molecule has 0 atom stereocenters. The summed E-state index contributed by atoms with van der Waals surface area (Å²) in [6.07, 6.45) is 3.68. The predicted octanol–water partition coefficient (Wildman–Crippen LogP) is 3.69. The molecule has 4 heteroatoms. The van der Waals surface area contributed by atoms with Crippen LogP contribution in [-0.2, 0) is 0 Å². The molecule has 4 rings (SSSR count). The first kappa shape index (κ1) is 11.8. The monoisotopic (exact) mass is 272 g/mol. The van der Waals surface area contributed by atoms with Crippen LogP contribution in [-0.4, -0.2) is 20.2 Å². The first-order valence-corrected chi connectivity index (χ1v) is 6.73. The summed E-state index contributed by atoms with van der Waals surface area (Å²) >= 11 is 0. The minimum atomic E-state index is 0.632. The molecule has 0 amide bonds. The van der Waals surface area contributed by atoms with Crippen molar-refractivity contribution in [3.8, 4) is 22.6 Å². The topological polar surface area (TPSA) is 54.5 Å². The van der Waals surface area contributed by atoms with Crippen LogP contribution in [0.2, 0.25) is 0 Å². The summed E-state index contributed by atoms with van der Waals surface area (Å²) < 4.78 is 0. The fraction of sp³-hybridized carbons (Fsp3) is 0. The predicted molar refractivity (Wildman–Crippen MR) is 82.6 cm³/mol. The third-order valence-corrected chi connectivity index (χ3v) is 3.46. The Bertz CT molecular complexity index is 879. The maximum Gasteiger partial charge on any atom is 0.183 e. The van der Waals surface area contributed by atoms with Gasteiger partial charge < -0.3 is 4.98 Å². The van der Waals surface area contributed by atoms with Gasteiger partial charge in [0.05, 0.1) is 6.20 Å². The number of H-pyrrole nitrogens is 1. The highest BCUT2D eigenvalue weighted by atomic mass is 15.2. The first-order valence-electron chi connectivity index (χ1n) is 6.73. The Labute approximate surface area is 121 Å². The van der Waals surface area contributed by atoms with Crippen LogP contribution in [0, 0.1) is 0 Å². The Morgan fingerprint density at radius 1 is 0.810 bits per heavy atom. The van der Waals surface area contributed by atoms with E-state index in [2.05, 4.69) is 26.2 Å². The van der Waals surface area contributed by atoms with Gasteiger partial charge in [-0.25, -0.2) is 4.98 Å². The second kappa shape index (κ2) is 4.83. The molecule has 0 bridgehead atoms. The van der Waals surface area contributed by atoms with Crippen LogP contribution in [0.3, 0.4) is 0 Å². The Hall–Kier alpha value is -3.01. The van der Waals surface area contributed by atoms with Gasteiger partial charge >= 0.3 is 0 Å². The number of aromatic nitrogens is 4. The van der Waals surface area contributed by atoms with Gasteiger partial charge in [-0.3, -0.25) is 0 Å². The molecule has 4 aromatic rings. The summed E-state index contributed by atoms with van der Waals surface area (Å²) in [6, 6.07) is 18.0. The summed E-state index contributed by atoms with van der Waals surface area (Å²) in [7, 11) is 0. The minimum absolute atomic E-state index is 0.632. The van der Waals surface area contributed by atoms with E-state index in [0.717, 1.165) is 27.7 Å². The van der Waals surface area contributed by atoms with Crippen LogP contribution in [0.1, 0.15) is 0 Å². The van der Waals surface area contributed by atoms with Crippen LogP contribution in [0.25, 0.3) is 33.5 Å². The average Bonchev–Trinajstić information content (AvgIpc) is 3.00. The molecule has 100 valence electrons. The summed E-state index contributed by atoms with van der Waals surface area (Å²) in [4.78, 5) is 7.68. The normalized spacial score (nSPS) is 10.9. The lowest BCUT2D eigenvalue weighted by molar-refractivity contribution is 0.989. The van der Waals surface area contributed by atoms with Gasteiger partial charge in [0.15, 0.2) is 5.82 Å². The number of nitrogens with zero attached hydrogens (tertiary/aromatic N) is 3. The van der Waals surface area contributed by atoms with Crippen LogP contribution in [0.5, 0.6) is 0 Å². The van der Waals surface area contributed by atoms with Gasteiger partial charge in [-0.2, -0.15) is 0 Å². The van der Waals surface area contributed by atoms with Gasteiger partial charge in [0.1, 0.15) is 5.69 Å². The molecule has 4 nitrogen and oxygen atoms in total. The van der Waals surface area contributed by atoms with Crippen molar-refractivity contribution in [1.29, 1.82) is 0 Å². The van der Waals surface area contributed by atoms with Crippen molar-refractivity contribution in [1.82, 2.24) is 20.2 Å². The van der Waals surface area contributed by atoms with Crippen LogP contribution >= 0.6 is 0 Å². The Balaban J connectivity index is 1.77. The lowest BCUT2D eigenvalue weighted by atomic mass is 10.1. The molecule has 0 saturated carbocycles. The molecule has 0 spiro atoms. The highest BCUT2D eigenvalue weighted by molar-refractivity contribution is 5.93. The van der Waals surface area contributed by atoms with Crippen molar-refractivity contribution in [2.75, 3.05) is 0 Å². The number of aromatic amines is 1. The largest absolute Gasteiger partial charge is 0.360 e. The van der Waals surface area contributed by atoms with E-state index in [1.54, 1.807) is 6.20 Å². The molecule has 21 heavy (non-hydrogen) atoms. The number of benzene rings is 2. The summed E-state index contributed by atoms with van der Waals surface area (Å²) in [5.74, 6) is 0.632. The molecule has 0 unspecified atom stereocenters. The summed E-state index contributed by atoms with van der Waals surface area (Å²) in [6.45, 7) is 0. The van der Waals surface area contributed by atoms with E-state index in [9.17, 15) is 0 Å². The molecule has 0 saturated heterocycles. The second-order valence-electron chi connectivity index (χ2n) is 4.78. The fourth-order valence-electron chi connectivity index (χ4n) is 2.40. The highest BCUT2D eigenvalue weighted by Gasteiger charge is 2.09. The van der Waals surface area contributed by atoms with E-state index in [1.165, 1.54) is 0 Å². The standard InChI is InChI=1S/C17H12N4/c1-2-6-12(7-3-1)16-11-19-17(21-20-16)14-10-18-15-9-5-4-8-13(14)15/h1-11,18H. The molecule has 0 aliphatic heterocycles. The van der Waals surface area contributed by atoms with Crippen molar-refractivity contribution in [3.05, 3.63) is 67.0 Å². The van der Waals surface area contributed by atoms with E-state index in [1.807, 2.05) is 54.7 Å². The number of nitrogens with one attached hydrogen (secondary N) is 1. The van der Waals surface area contributed by atoms with E-state index in [4.69, 9.17) is 0 Å². The fourth-order valence-corrected chi connectivity index (χ4v) is 2.40. The molecule has 0 radical (unpaired) electrons. The minimum Gasteiger partial charge on any atom is -0.360 e. The van der Waals surface area contributed by atoms with Crippen molar-refractivity contribution in [3.63, 3.8) is 0 Å². The van der Waals surface area contributed by atoms with Crippen molar-refractivity contribution in [2.45, 2.75) is 0 Å². The zero-order chi connectivity index (χ0) is 14.1. The van der Waals surface area contributed by atoms with Gasteiger partial charge in [-0.05, 0) is 6.07 Å². The van der Waals surface area contributed by atoms with Gasteiger partial charge in [0.2, 0.25) is 0 Å². The molecule has 0 fully saturated rings. The van der Waals surface area contributed by atoms with Gasteiger partial charge in [0.25, 0.3) is 0 Å². The number of para-hydroxylation sites is 1. The van der Waals surface area contributed by atoms with E-state index in [-0.39, 0.29) is 0 Å². The van der Waals surface area contributed by atoms with Crippen molar-refractivity contribution < 1.29 is 0 Å². The van der Waals surface area contributed by atoms with E-state index in [0.29, 0.717) is 5.82 Å². The molecule has 2 aromatic carbocycles. The molecular formula is C17H12N4. The lowest BCUT2D eigenvalue weighted by Gasteiger charge is -2.01. The lowest BCUT2D eigenvalue weighted by Crippen LogP contribution is -1.94. The molecule has 2 aromatic heterocycles. The van der Waals surface area contributed by atoms with Crippen molar-refractivity contribution in [2.24, 2.45) is 0 Å². The maximum atomic E-state index is 4.45. The number of hydrogen-bond donors (Lipinski definition) is 1. The van der Waals surface area contributed by atoms with Crippen LogP contribution in [0.15, 0.2) is 67.0 Å². The number of hydrogen-bond acceptors (Lipinski definition) is 3. The van der Waals surface area contributed by atoms with Gasteiger partial charge in [-0.1, -0.05) is 48.5 Å². The van der Waals surface area contributed by atoms with E-state index < -0.39 is 0 Å². The summed E-state index contributed by atoms with van der Waals surface area (Å²) in [5.41, 5.74) is 3.84. The average molecular weight is 272 g/mol. The zero-order valence-corrected chi connectivity index (χ0v) is 11.2. The Kier molecular flexibility index (Phi) is 2.71. The third-order valence-electron chi connectivity index (χ3n) is 3.46. The SMILES string of the molecule is c1ccc(-c2cnc(-c3c[nH]c4ccccc34)nn2)cc1. The van der Waals surface area contributed by atoms with Crippen LogP contribution in [0.4, 0.5) is 0 Å². The highest BCUT2D eigenvalue weighted by Crippen LogP contribution is 2.25. The van der Waals surface area contributed by atoms with E-state index >= 15 is 0 Å². The summed E-state index contributed by atoms with van der Waals surface area (Å²) in [5, 5.41) is 9.66. The molecule has 0 aliphatic rings. The smallest absolute Gasteiger partial charge is 0.183 e. The quantitative estimate of drug-likeness (QED) is 0.605. The zero-order valence-electron chi connectivity index (χ0n) is 11.2. The Morgan fingerprint density at radius 2 is 1.62 bits per heavy atom. The molecular weight excluding hydrogens is 260 g/mol. The second-order valence-corrected chi connectivity index (χ2v) is 4.78. The molecule has 0 aliphatic carbocycles. The molecule has 1 N–H and O–H groups in total. The number of fused-ring (bicyclic) bond motifs is 1. The van der Waals surface area contributed by atoms with Gasteiger partial charge in [0, 0.05) is 28.2 Å². The maximum absolute atomic E-state index is 4.45. The molecule has 2 heterocycles.